The molecule has 0 heterocycles. The topological polar surface area (TPSA) is 12.4 Å². The van der Waals surface area contributed by atoms with Gasteiger partial charge in [0.05, 0.1) is 5.71 Å². The molecule has 0 aromatic rings. The minimum absolute atomic E-state index is 0.120. The van der Waals surface area contributed by atoms with E-state index >= 15 is 0 Å². The molecular weight excluding hydrogens is 146 g/mol. The normalized spacial score (nSPS) is 24.6. The molecule has 1 rings (SSSR count). The number of nitrogens with zero attached hydrogens (tertiary/aromatic N) is 1. The highest BCUT2D eigenvalue weighted by atomic mass is 14.7. The molecule has 0 spiro atoms. The first-order chi connectivity index (χ1) is 5.55. The van der Waals surface area contributed by atoms with E-state index in [9.17, 15) is 0 Å². The molecular formula is C11H15N. The Balaban J connectivity index is 3.06. The molecule has 0 atom stereocenters. The standard InChI is InChI=1S/C11H15N/c1-9-5-7-11(2,3)8-6-10(9)12-4/h5-8H,1H2,2-4H3. The van der Waals surface area contributed by atoms with E-state index in [0.29, 0.717) is 0 Å². The van der Waals surface area contributed by atoms with Crippen molar-refractivity contribution in [3.63, 3.8) is 0 Å². The Labute approximate surface area is 74.2 Å². The maximum absolute atomic E-state index is 4.13. The molecule has 1 heteroatoms. The Morgan fingerprint density at radius 2 is 1.83 bits per heavy atom. The van der Waals surface area contributed by atoms with Crippen LogP contribution in [0.2, 0.25) is 0 Å². The zero-order valence-electron chi connectivity index (χ0n) is 7.96. The third-order valence-corrected chi connectivity index (χ3v) is 1.95. The van der Waals surface area contributed by atoms with Crippen molar-refractivity contribution in [1.82, 2.24) is 0 Å². The van der Waals surface area contributed by atoms with E-state index in [0.717, 1.165) is 11.3 Å². The van der Waals surface area contributed by atoms with Gasteiger partial charge in [-0.3, -0.25) is 4.99 Å². The van der Waals surface area contributed by atoms with Crippen molar-refractivity contribution in [2.75, 3.05) is 7.05 Å². The predicted molar refractivity (Wildman–Crippen MR) is 54.6 cm³/mol. The summed E-state index contributed by atoms with van der Waals surface area (Å²) < 4.78 is 0. The highest BCUT2D eigenvalue weighted by molar-refractivity contribution is 6.10. The molecule has 0 aromatic heterocycles. The summed E-state index contributed by atoms with van der Waals surface area (Å²) in [5.41, 5.74) is 2.08. The molecule has 0 aliphatic heterocycles. The van der Waals surface area contributed by atoms with E-state index in [-0.39, 0.29) is 5.41 Å². The van der Waals surface area contributed by atoms with E-state index in [1.54, 1.807) is 7.05 Å². The molecule has 1 nitrogen and oxygen atoms in total. The fraction of sp³-hybridized carbons (Fsp3) is 0.364. The van der Waals surface area contributed by atoms with Crippen molar-refractivity contribution >= 4 is 5.71 Å². The molecule has 0 saturated carbocycles. The molecule has 12 heavy (non-hydrogen) atoms. The van der Waals surface area contributed by atoms with Crippen LogP contribution in [0.15, 0.2) is 41.4 Å². The maximum Gasteiger partial charge on any atom is 0.0634 e. The molecule has 0 aromatic carbocycles. The molecule has 0 fully saturated rings. The maximum atomic E-state index is 4.13. The first kappa shape index (κ1) is 8.98. The van der Waals surface area contributed by atoms with Crippen molar-refractivity contribution in [3.05, 3.63) is 36.5 Å². The predicted octanol–water partition coefficient (Wildman–Crippen LogP) is 2.77. The smallest absolute Gasteiger partial charge is 0.0634 e. The number of aliphatic imine (C=N–C) groups is 1. The van der Waals surface area contributed by atoms with E-state index < -0.39 is 0 Å². The summed E-state index contributed by atoms with van der Waals surface area (Å²) in [6, 6.07) is 0. The van der Waals surface area contributed by atoms with Crippen molar-refractivity contribution in [3.8, 4) is 0 Å². The van der Waals surface area contributed by atoms with Gasteiger partial charge in [-0.15, -0.1) is 0 Å². The van der Waals surface area contributed by atoms with E-state index in [4.69, 9.17) is 0 Å². The first-order valence-electron chi connectivity index (χ1n) is 4.10. The van der Waals surface area contributed by atoms with Gasteiger partial charge in [-0.25, -0.2) is 0 Å². The fourth-order valence-electron chi connectivity index (χ4n) is 1.08. The fourth-order valence-corrected chi connectivity index (χ4v) is 1.08. The number of hydrogen-bond acceptors (Lipinski definition) is 1. The molecule has 0 amide bonds. The average Bonchev–Trinajstić information content (AvgIpc) is 2.13. The summed E-state index contributed by atoms with van der Waals surface area (Å²) in [6.45, 7) is 8.24. The van der Waals surface area contributed by atoms with Gasteiger partial charge < -0.3 is 0 Å². The van der Waals surface area contributed by atoms with Crippen LogP contribution in [-0.4, -0.2) is 12.8 Å². The van der Waals surface area contributed by atoms with E-state index in [2.05, 4.69) is 37.6 Å². The highest BCUT2D eigenvalue weighted by Crippen LogP contribution is 2.23. The van der Waals surface area contributed by atoms with E-state index in [1.165, 1.54) is 0 Å². The Hall–Kier alpha value is -1.11. The third-order valence-electron chi connectivity index (χ3n) is 1.95. The first-order valence-corrected chi connectivity index (χ1v) is 4.10. The molecule has 1 aliphatic rings. The minimum Gasteiger partial charge on any atom is -0.288 e. The van der Waals surface area contributed by atoms with Crippen molar-refractivity contribution in [2.24, 2.45) is 10.4 Å². The van der Waals surface area contributed by atoms with Gasteiger partial charge in [0, 0.05) is 12.5 Å². The summed E-state index contributed by atoms with van der Waals surface area (Å²) in [5, 5.41) is 0. The lowest BCUT2D eigenvalue weighted by atomic mass is 9.93. The third kappa shape index (κ3) is 1.94. The minimum atomic E-state index is 0.120. The number of rotatable bonds is 0. The van der Waals surface area contributed by atoms with Gasteiger partial charge in [-0.05, 0) is 11.6 Å². The van der Waals surface area contributed by atoms with Crippen LogP contribution < -0.4 is 0 Å². The summed E-state index contributed by atoms with van der Waals surface area (Å²) in [7, 11) is 1.79. The quantitative estimate of drug-likeness (QED) is 0.518. The van der Waals surface area contributed by atoms with Gasteiger partial charge in [0.15, 0.2) is 0 Å². The van der Waals surface area contributed by atoms with Crippen molar-refractivity contribution in [2.45, 2.75) is 13.8 Å². The molecule has 0 N–H and O–H groups in total. The van der Waals surface area contributed by atoms with Gasteiger partial charge in [0.1, 0.15) is 0 Å². The van der Waals surface area contributed by atoms with Gasteiger partial charge in [-0.2, -0.15) is 0 Å². The zero-order valence-corrected chi connectivity index (χ0v) is 7.96. The molecule has 1 aliphatic carbocycles. The van der Waals surface area contributed by atoms with Crippen LogP contribution in [0, 0.1) is 5.41 Å². The summed E-state index contributed by atoms with van der Waals surface area (Å²) >= 11 is 0. The summed E-state index contributed by atoms with van der Waals surface area (Å²) in [6.07, 6.45) is 8.35. The molecule has 0 radical (unpaired) electrons. The van der Waals surface area contributed by atoms with Gasteiger partial charge in [-0.1, -0.05) is 38.7 Å². The Bertz CT molecular complexity index is 277. The summed E-state index contributed by atoms with van der Waals surface area (Å²) in [5.74, 6) is 0. The second-order valence-electron chi connectivity index (χ2n) is 3.62. The SMILES string of the molecule is C=C1C=CC(C)(C)C=CC1=NC. The molecule has 0 bridgehead atoms. The largest absolute Gasteiger partial charge is 0.288 e. The van der Waals surface area contributed by atoms with Crippen LogP contribution >= 0.6 is 0 Å². The van der Waals surface area contributed by atoms with Crippen LogP contribution in [0.4, 0.5) is 0 Å². The Morgan fingerprint density at radius 1 is 1.25 bits per heavy atom. The van der Waals surface area contributed by atoms with Gasteiger partial charge in [0.2, 0.25) is 0 Å². The highest BCUT2D eigenvalue weighted by Gasteiger charge is 2.12. The average molecular weight is 161 g/mol. The van der Waals surface area contributed by atoms with Crippen LogP contribution in [0.25, 0.3) is 0 Å². The Kier molecular flexibility index (Phi) is 2.32. The van der Waals surface area contributed by atoms with Crippen LogP contribution in [0.1, 0.15) is 13.8 Å². The molecule has 0 unspecified atom stereocenters. The second-order valence-corrected chi connectivity index (χ2v) is 3.62. The lowest BCUT2D eigenvalue weighted by molar-refractivity contribution is 0.627. The van der Waals surface area contributed by atoms with Gasteiger partial charge in [0.25, 0.3) is 0 Å². The second kappa shape index (κ2) is 3.10. The van der Waals surface area contributed by atoms with Crippen molar-refractivity contribution < 1.29 is 0 Å². The van der Waals surface area contributed by atoms with Gasteiger partial charge >= 0.3 is 0 Å². The number of allylic oxidation sites excluding steroid dienone is 5. The lowest BCUT2D eigenvalue weighted by Crippen LogP contribution is -2.00. The van der Waals surface area contributed by atoms with Crippen LogP contribution in [0.3, 0.4) is 0 Å². The number of hydrogen-bond donors (Lipinski definition) is 0. The monoisotopic (exact) mass is 161 g/mol. The van der Waals surface area contributed by atoms with Crippen LogP contribution in [-0.2, 0) is 0 Å². The summed E-state index contributed by atoms with van der Waals surface area (Å²) in [4.78, 5) is 4.13. The molecule has 0 saturated heterocycles. The lowest BCUT2D eigenvalue weighted by Gasteiger charge is -2.11. The molecule has 64 valence electrons. The zero-order chi connectivity index (χ0) is 9.19. The van der Waals surface area contributed by atoms with Crippen molar-refractivity contribution in [1.29, 1.82) is 0 Å². The van der Waals surface area contributed by atoms with Crippen LogP contribution in [0.5, 0.6) is 0 Å². The van der Waals surface area contributed by atoms with E-state index in [1.807, 2.05) is 12.2 Å². The Morgan fingerprint density at radius 3 is 2.42 bits per heavy atom.